The van der Waals surface area contributed by atoms with Gasteiger partial charge < -0.3 is 14.4 Å². The molecule has 1 fully saturated rings. The smallest absolute Gasteiger partial charge is 0.224 e. The summed E-state index contributed by atoms with van der Waals surface area (Å²) < 4.78 is 11.0. The minimum absolute atomic E-state index is 0.576. The van der Waals surface area contributed by atoms with Gasteiger partial charge in [0.2, 0.25) is 5.88 Å². The van der Waals surface area contributed by atoms with Crippen molar-refractivity contribution in [1.82, 2.24) is 14.9 Å². The molecular weight excluding hydrogens is 304 g/mol. The van der Waals surface area contributed by atoms with Crippen LogP contribution in [0, 0.1) is 6.92 Å². The fourth-order valence-electron chi connectivity index (χ4n) is 2.78. The van der Waals surface area contributed by atoms with Crippen LogP contribution in [-0.2, 0) is 4.74 Å². The Hall–Kier alpha value is -2.18. The van der Waals surface area contributed by atoms with Crippen molar-refractivity contribution in [2.75, 3.05) is 51.3 Å². The first-order valence-corrected chi connectivity index (χ1v) is 8.27. The highest BCUT2D eigenvalue weighted by molar-refractivity contribution is 5.42. The van der Waals surface area contributed by atoms with Gasteiger partial charge in [-0.15, -0.1) is 0 Å². The van der Waals surface area contributed by atoms with Gasteiger partial charge in [-0.1, -0.05) is 12.1 Å². The Labute approximate surface area is 143 Å². The van der Waals surface area contributed by atoms with Gasteiger partial charge in [0, 0.05) is 45.9 Å². The average molecular weight is 328 g/mol. The lowest BCUT2D eigenvalue weighted by molar-refractivity contribution is 0.144. The summed E-state index contributed by atoms with van der Waals surface area (Å²) in [6.45, 7) is 7.73. The van der Waals surface area contributed by atoms with Crippen molar-refractivity contribution < 1.29 is 9.47 Å². The molecule has 6 nitrogen and oxygen atoms in total. The summed E-state index contributed by atoms with van der Waals surface area (Å²) in [7, 11) is 1.74. The number of methoxy groups -OCH3 is 1. The van der Waals surface area contributed by atoms with Crippen LogP contribution in [0.5, 0.6) is 11.6 Å². The van der Waals surface area contributed by atoms with E-state index in [0.717, 1.165) is 56.5 Å². The van der Waals surface area contributed by atoms with E-state index in [4.69, 9.17) is 9.47 Å². The molecule has 0 radical (unpaired) electrons. The normalized spacial score (nSPS) is 15.5. The van der Waals surface area contributed by atoms with Crippen molar-refractivity contribution >= 4 is 5.82 Å². The number of aromatic nitrogens is 2. The van der Waals surface area contributed by atoms with Crippen molar-refractivity contribution in [3.8, 4) is 11.6 Å². The largest absolute Gasteiger partial charge is 0.439 e. The molecule has 2 heterocycles. The van der Waals surface area contributed by atoms with Gasteiger partial charge in [0.05, 0.1) is 6.61 Å². The lowest BCUT2D eigenvalue weighted by Crippen LogP contribution is -2.47. The quantitative estimate of drug-likeness (QED) is 0.811. The molecule has 0 spiro atoms. The van der Waals surface area contributed by atoms with Crippen molar-refractivity contribution in [2.45, 2.75) is 6.92 Å². The van der Waals surface area contributed by atoms with Crippen LogP contribution in [0.2, 0.25) is 0 Å². The van der Waals surface area contributed by atoms with Gasteiger partial charge in [-0.05, 0) is 24.6 Å². The molecule has 0 N–H and O–H groups in total. The first kappa shape index (κ1) is 16.7. The monoisotopic (exact) mass is 328 g/mol. The predicted molar refractivity (Wildman–Crippen MR) is 93.8 cm³/mol. The Morgan fingerprint density at radius 1 is 1.08 bits per heavy atom. The number of hydrogen-bond donors (Lipinski definition) is 0. The molecule has 128 valence electrons. The number of anilines is 1. The molecule has 1 aliphatic heterocycles. The minimum Gasteiger partial charge on any atom is -0.439 e. The van der Waals surface area contributed by atoms with Crippen LogP contribution >= 0.6 is 0 Å². The Kier molecular flexibility index (Phi) is 5.61. The Morgan fingerprint density at radius 3 is 2.67 bits per heavy atom. The number of ether oxygens (including phenoxy) is 2. The highest BCUT2D eigenvalue weighted by Crippen LogP contribution is 2.23. The van der Waals surface area contributed by atoms with Crippen molar-refractivity contribution in [2.24, 2.45) is 0 Å². The zero-order valence-electron chi connectivity index (χ0n) is 14.3. The second kappa shape index (κ2) is 8.08. The minimum atomic E-state index is 0.576. The highest BCUT2D eigenvalue weighted by atomic mass is 16.5. The SMILES string of the molecule is COCCN1CCN(c2cc(Oc3cccc(C)c3)ncn2)CC1. The zero-order chi connectivity index (χ0) is 16.8. The number of aryl methyl sites for hydroxylation is 1. The van der Waals surface area contributed by atoms with Gasteiger partial charge in [0.1, 0.15) is 17.9 Å². The second-order valence-corrected chi connectivity index (χ2v) is 5.95. The average Bonchev–Trinajstić information content (AvgIpc) is 2.61. The van der Waals surface area contributed by atoms with Gasteiger partial charge in [-0.2, -0.15) is 0 Å². The van der Waals surface area contributed by atoms with Crippen molar-refractivity contribution in [3.05, 3.63) is 42.2 Å². The predicted octanol–water partition coefficient (Wildman–Crippen LogP) is 2.35. The molecule has 3 rings (SSSR count). The highest BCUT2D eigenvalue weighted by Gasteiger charge is 2.18. The first-order valence-electron chi connectivity index (χ1n) is 8.27. The maximum absolute atomic E-state index is 5.86. The molecule has 0 saturated carbocycles. The number of rotatable bonds is 6. The Morgan fingerprint density at radius 2 is 1.92 bits per heavy atom. The molecular formula is C18H24N4O2. The lowest BCUT2D eigenvalue weighted by Gasteiger charge is -2.35. The summed E-state index contributed by atoms with van der Waals surface area (Å²) in [4.78, 5) is 13.3. The number of hydrogen-bond acceptors (Lipinski definition) is 6. The van der Waals surface area contributed by atoms with E-state index in [1.54, 1.807) is 13.4 Å². The summed E-state index contributed by atoms with van der Waals surface area (Å²) >= 11 is 0. The van der Waals surface area contributed by atoms with Crippen LogP contribution in [-0.4, -0.2) is 61.3 Å². The van der Waals surface area contributed by atoms with Crippen molar-refractivity contribution in [1.29, 1.82) is 0 Å². The number of nitrogens with zero attached hydrogens (tertiary/aromatic N) is 4. The summed E-state index contributed by atoms with van der Waals surface area (Å²) in [5.41, 5.74) is 1.16. The van der Waals surface area contributed by atoms with Crippen LogP contribution in [0.3, 0.4) is 0 Å². The van der Waals surface area contributed by atoms with E-state index in [-0.39, 0.29) is 0 Å². The molecule has 24 heavy (non-hydrogen) atoms. The molecule has 6 heteroatoms. The zero-order valence-corrected chi connectivity index (χ0v) is 14.3. The molecule has 1 aromatic carbocycles. The van der Waals surface area contributed by atoms with Crippen LogP contribution in [0.15, 0.2) is 36.7 Å². The van der Waals surface area contributed by atoms with E-state index < -0.39 is 0 Å². The van der Waals surface area contributed by atoms with E-state index in [2.05, 4.69) is 19.8 Å². The van der Waals surface area contributed by atoms with Crippen LogP contribution in [0.1, 0.15) is 5.56 Å². The lowest BCUT2D eigenvalue weighted by atomic mass is 10.2. The third-order valence-corrected chi connectivity index (χ3v) is 4.15. The molecule has 0 amide bonds. The van der Waals surface area contributed by atoms with E-state index in [1.165, 1.54) is 0 Å². The summed E-state index contributed by atoms with van der Waals surface area (Å²) in [5.74, 6) is 2.29. The van der Waals surface area contributed by atoms with Crippen LogP contribution in [0.4, 0.5) is 5.82 Å². The fraction of sp³-hybridized carbons (Fsp3) is 0.444. The topological polar surface area (TPSA) is 50.7 Å². The molecule has 2 aromatic rings. The van der Waals surface area contributed by atoms with Gasteiger partial charge >= 0.3 is 0 Å². The molecule has 1 aromatic heterocycles. The third kappa shape index (κ3) is 4.43. The van der Waals surface area contributed by atoms with E-state index >= 15 is 0 Å². The molecule has 0 bridgehead atoms. The van der Waals surface area contributed by atoms with E-state index in [1.807, 2.05) is 37.3 Å². The van der Waals surface area contributed by atoms with E-state index in [9.17, 15) is 0 Å². The number of benzene rings is 1. The molecule has 0 unspecified atom stereocenters. The molecule has 0 aliphatic carbocycles. The first-order chi connectivity index (χ1) is 11.7. The third-order valence-electron chi connectivity index (χ3n) is 4.15. The Balaban J connectivity index is 1.61. The molecule has 0 atom stereocenters. The molecule has 1 saturated heterocycles. The van der Waals surface area contributed by atoms with Crippen LogP contribution in [0.25, 0.3) is 0 Å². The summed E-state index contributed by atoms with van der Waals surface area (Å²) in [6, 6.07) is 9.86. The van der Waals surface area contributed by atoms with Crippen LogP contribution < -0.4 is 9.64 Å². The fourth-order valence-corrected chi connectivity index (χ4v) is 2.78. The summed E-state index contributed by atoms with van der Waals surface area (Å²) in [6.07, 6.45) is 1.57. The number of piperazine rings is 1. The van der Waals surface area contributed by atoms with Gasteiger partial charge in [-0.25, -0.2) is 9.97 Å². The van der Waals surface area contributed by atoms with Gasteiger partial charge in [0.15, 0.2) is 0 Å². The Bertz CT molecular complexity index is 657. The summed E-state index contributed by atoms with van der Waals surface area (Å²) in [5, 5.41) is 0. The van der Waals surface area contributed by atoms with E-state index in [0.29, 0.717) is 5.88 Å². The second-order valence-electron chi connectivity index (χ2n) is 5.95. The standard InChI is InChI=1S/C18H24N4O2/c1-15-4-3-5-16(12-15)24-18-13-17(19-14-20-18)22-8-6-21(7-9-22)10-11-23-2/h3-5,12-14H,6-11H2,1-2H3. The van der Waals surface area contributed by atoms with Gasteiger partial charge in [0.25, 0.3) is 0 Å². The van der Waals surface area contributed by atoms with Crippen molar-refractivity contribution in [3.63, 3.8) is 0 Å². The maximum atomic E-state index is 5.86. The van der Waals surface area contributed by atoms with Gasteiger partial charge in [-0.3, -0.25) is 4.90 Å². The molecule has 1 aliphatic rings. The maximum Gasteiger partial charge on any atom is 0.224 e.